The summed E-state index contributed by atoms with van der Waals surface area (Å²) >= 11 is 0. The molecule has 3 aromatic rings. The van der Waals surface area contributed by atoms with Crippen molar-refractivity contribution in [1.29, 1.82) is 0 Å². The van der Waals surface area contributed by atoms with Crippen molar-refractivity contribution < 1.29 is 23.0 Å². The lowest BCUT2D eigenvalue weighted by molar-refractivity contribution is -0.131. The SMILES string of the molecule is O=C(Cc1ccccc1)N1CCc2nc(N3CCOCC3)nc(Oc3ccc(F)cc3F)c2C1. The molecule has 1 fully saturated rings. The lowest BCUT2D eigenvalue weighted by atomic mass is 10.0. The van der Waals surface area contributed by atoms with Crippen LogP contribution in [0.1, 0.15) is 16.8 Å². The number of benzene rings is 2. The van der Waals surface area contributed by atoms with Crippen LogP contribution in [-0.4, -0.2) is 53.6 Å². The van der Waals surface area contributed by atoms with E-state index in [0.29, 0.717) is 50.8 Å². The Bertz CT molecular complexity index is 1190. The fourth-order valence-electron chi connectivity index (χ4n) is 4.12. The monoisotopic (exact) mass is 466 g/mol. The summed E-state index contributed by atoms with van der Waals surface area (Å²) in [4.78, 5) is 26.0. The van der Waals surface area contributed by atoms with E-state index in [4.69, 9.17) is 14.5 Å². The zero-order valence-corrected chi connectivity index (χ0v) is 18.5. The molecule has 0 N–H and O–H groups in total. The third-order valence-electron chi connectivity index (χ3n) is 5.96. The van der Waals surface area contributed by atoms with Gasteiger partial charge in [0.15, 0.2) is 11.6 Å². The van der Waals surface area contributed by atoms with Crippen LogP contribution in [0.3, 0.4) is 0 Å². The number of rotatable bonds is 5. The maximum atomic E-state index is 14.4. The van der Waals surface area contributed by atoms with E-state index in [1.165, 1.54) is 6.07 Å². The zero-order valence-electron chi connectivity index (χ0n) is 18.5. The number of anilines is 1. The molecule has 5 rings (SSSR count). The summed E-state index contributed by atoms with van der Waals surface area (Å²) in [5.74, 6) is -1.02. The van der Waals surface area contributed by atoms with Crippen molar-refractivity contribution in [2.24, 2.45) is 0 Å². The summed E-state index contributed by atoms with van der Waals surface area (Å²) in [5.41, 5.74) is 2.33. The molecule has 1 amide bonds. The summed E-state index contributed by atoms with van der Waals surface area (Å²) < 4.78 is 39.0. The van der Waals surface area contributed by atoms with Crippen molar-refractivity contribution in [2.75, 3.05) is 37.7 Å². The van der Waals surface area contributed by atoms with E-state index in [-0.39, 0.29) is 30.5 Å². The first-order valence-corrected chi connectivity index (χ1v) is 11.2. The average Bonchev–Trinajstić information content (AvgIpc) is 2.86. The molecule has 34 heavy (non-hydrogen) atoms. The molecule has 1 saturated heterocycles. The van der Waals surface area contributed by atoms with E-state index in [0.717, 1.165) is 23.4 Å². The fraction of sp³-hybridized carbons (Fsp3) is 0.320. The van der Waals surface area contributed by atoms with Gasteiger partial charge in [0.1, 0.15) is 5.82 Å². The highest BCUT2D eigenvalue weighted by atomic mass is 19.1. The number of morpholine rings is 1. The van der Waals surface area contributed by atoms with Gasteiger partial charge in [0, 0.05) is 32.1 Å². The Kier molecular flexibility index (Phi) is 6.35. The molecular formula is C25H24F2N4O3. The molecule has 0 saturated carbocycles. The van der Waals surface area contributed by atoms with E-state index in [1.54, 1.807) is 4.90 Å². The molecule has 0 bridgehead atoms. The van der Waals surface area contributed by atoms with E-state index < -0.39 is 11.6 Å². The second-order valence-electron chi connectivity index (χ2n) is 8.26. The zero-order chi connectivity index (χ0) is 23.5. The molecule has 176 valence electrons. The minimum absolute atomic E-state index is 0.0204. The number of fused-ring (bicyclic) bond motifs is 1. The van der Waals surface area contributed by atoms with E-state index >= 15 is 0 Å². The summed E-state index contributed by atoms with van der Waals surface area (Å²) in [6.07, 6.45) is 0.809. The number of carbonyl (C=O) groups excluding carboxylic acids is 1. The Morgan fingerprint density at radius 1 is 1.03 bits per heavy atom. The van der Waals surface area contributed by atoms with Gasteiger partial charge in [-0.15, -0.1) is 0 Å². The Morgan fingerprint density at radius 2 is 1.82 bits per heavy atom. The number of ether oxygens (including phenoxy) is 2. The first-order valence-electron chi connectivity index (χ1n) is 11.2. The first-order chi connectivity index (χ1) is 16.6. The van der Waals surface area contributed by atoms with Crippen molar-refractivity contribution in [3.05, 3.63) is 77.0 Å². The summed E-state index contributed by atoms with van der Waals surface area (Å²) in [6, 6.07) is 12.7. The second-order valence-corrected chi connectivity index (χ2v) is 8.26. The lowest BCUT2D eigenvalue weighted by Crippen LogP contribution is -2.40. The average molecular weight is 466 g/mol. The normalized spacial score (nSPS) is 15.7. The topological polar surface area (TPSA) is 67.8 Å². The summed E-state index contributed by atoms with van der Waals surface area (Å²) in [6.45, 7) is 3.15. The number of aromatic nitrogens is 2. The van der Waals surface area contributed by atoms with Crippen molar-refractivity contribution >= 4 is 11.9 Å². The van der Waals surface area contributed by atoms with Crippen LogP contribution >= 0.6 is 0 Å². The molecule has 2 aliphatic rings. The molecule has 1 aromatic heterocycles. The van der Waals surface area contributed by atoms with Gasteiger partial charge >= 0.3 is 0 Å². The maximum absolute atomic E-state index is 14.4. The van der Waals surface area contributed by atoms with Crippen LogP contribution in [0.5, 0.6) is 11.6 Å². The predicted molar refractivity (Wildman–Crippen MR) is 121 cm³/mol. The minimum atomic E-state index is -0.826. The molecule has 7 nitrogen and oxygen atoms in total. The number of hydrogen-bond donors (Lipinski definition) is 0. The molecule has 2 aliphatic heterocycles. The highest BCUT2D eigenvalue weighted by Gasteiger charge is 2.28. The van der Waals surface area contributed by atoms with Gasteiger partial charge in [-0.1, -0.05) is 30.3 Å². The first kappa shape index (κ1) is 22.2. The van der Waals surface area contributed by atoms with Gasteiger partial charge in [0.2, 0.25) is 17.7 Å². The third kappa shape index (κ3) is 4.84. The number of amides is 1. The van der Waals surface area contributed by atoms with Crippen molar-refractivity contribution in [1.82, 2.24) is 14.9 Å². The Hall–Kier alpha value is -3.59. The molecular weight excluding hydrogens is 442 g/mol. The van der Waals surface area contributed by atoms with Gasteiger partial charge in [-0.2, -0.15) is 4.98 Å². The van der Waals surface area contributed by atoms with Gasteiger partial charge in [0.25, 0.3) is 0 Å². The van der Waals surface area contributed by atoms with Gasteiger partial charge in [0.05, 0.1) is 37.4 Å². The van der Waals surface area contributed by atoms with Crippen LogP contribution in [0.25, 0.3) is 0 Å². The van der Waals surface area contributed by atoms with Crippen LogP contribution < -0.4 is 9.64 Å². The number of nitrogens with zero attached hydrogens (tertiary/aromatic N) is 4. The summed E-state index contributed by atoms with van der Waals surface area (Å²) in [5, 5.41) is 0. The molecule has 9 heteroatoms. The van der Waals surface area contributed by atoms with Crippen LogP contribution in [-0.2, 0) is 28.9 Å². The lowest BCUT2D eigenvalue weighted by Gasteiger charge is -2.32. The van der Waals surface area contributed by atoms with Gasteiger partial charge in [-0.3, -0.25) is 4.79 Å². The predicted octanol–water partition coefficient (Wildman–Crippen LogP) is 3.51. The number of hydrogen-bond acceptors (Lipinski definition) is 6. The van der Waals surface area contributed by atoms with Crippen molar-refractivity contribution in [3.63, 3.8) is 0 Å². The molecule has 2 aromatic carbocycles. The molecule has 3 heterocycles. The van der Waals surface area contributed by atoms with Crippen LogP contribution in [0.2, 0.25) is 0 Å². The van der Waals surface area contributed by atoms with Crippen LogP contribution in [0.15, 0.2) is 48.5 Å². The molecule has 0 atom stereocenters. The minimum Gasteiger partial charge on any atom is -0.435 e. The van der Waals surface area contributed by atoms with Gasteiger partial charge in [-0.25, -0.2) is 13.8 Å². The van der Waals surface area contributed by atoms with Crippen LogP contribution in [0, 0.1) is 11.6 Å². The number of carbonyl (C=O) groups is 1. The Labute approximate surface area is 195 Å². The maximum Gasteiger partial charge on any atom is 0.229 e. The highest BCUT2D eigenvalue weighted by molar-refractivity contribution is 5.79. The molecule has 0 radical (unpaired) electrons. The Balaban J connectivity index is 1.45. The van der Waals surface area contributed by atoms with E-state index in [2.05, 4.69) is 4.98 Å². The molecule has 0 unspecified atom stereocenters. The second kappa shape index (κ2) is 9.72. The molecule has 0 aliphatic carbocycles. The van der Waals surface area contributed by atoms with Crippen molar-refractivity contribution in [3.8, 4) is 11.6 Å². The molecule has 0 spiro atoms. The quantitative estimate of drug-likeness (QED) is 0.573. The summed E-state index contributed by atoms with van der Waals surface area (Å²) in [7, 11) is 0. The smallest absolute Gasteiger partial charge is 0.229 e. The number of halogens is 2. The largest absolute Gasteiger partial charge is 0.435 e. The van der Waals surface area contributed by atoms with Gasteiger partial charge < -0.3 is 19.3 Å². The highest BCUT2D eigenvalue weighted by Crippen LogP contribution is 2.33. The van der Waals surface area contributed by atoms with Crippen LogP contribution in [0.4, 0.5) is 14.7 Å². The van der Waals surface area contributed by atoms with Gasteiger partial charge in [-0.05, 0) is 17.7 Å². The Morgan fingerprint density at radius 3 is 2.59 bits per heavy atom. The third-order valence-corrected chi connectivity index (χ3v) is 5.96. The fourth-order valence-corrected chi connectivity index (χ4v) is 4.12. The van der Waals surface area contributed by atoms with Crippen molar-refractivity contribution in [2.45, 2.75) is 19.4 Å². The van der Waals surface area contributed by atoms with E-state index in [9.17, 15) is 13.6 Å². The standard InChI is InChI=1S/C25H24F2N4O3/c26-18-6-7-22(20(27)15-18)34-24-19-16-31(23(32)14-17-4-2-1-3-5-17)9-8-21(19)28-25(29-24)30-10-12-33-13-11-30/h1-7,15H,8-14,16H2. The van der Waals surface area contributed by atoms with E-state index in [1.807, 2.05) is 35.2 Å².